The molecule has 9 heteroatoms. The van der Waals surface area contributed by atoms with E-state index in [0.717, 1.165) is 19.3 Å². The SMILES string of the molecule is COC(=O)COc1ccc(CC2=C(C)C(=O)C(OC)=C(OC)C2=O)cc1C(=O)N1CCCCC1. The number of methoxy groups -OCH3 is 3. The molecule has 1 saturated heterocycles. The summed E-state index contributed by atoms with van der Waals surface area (Å²) in [6.07, 6.45) is 3.01. The number of ketones is 2. The highest BCUT2D eigenvalue weighted by atomic mass is 16.6. The van der Waals surface area contributed by atoms with Crippen molar-refractivity contribution in [1.82, 2.24) is 4.90 Å². The third kappa shape index (κ3) is 5.13. The van der Waals surface area contributed by atoms with Crippen LogP contribution < -0.4 is 4.74 Å². The Labute approximate surface area is 198 Å². The number of Topliss-reactive ketones (excluding diaryl/α,β-unsaturated/α-hetero) is 2. The number of allylic oxidation sites excluding steroid dienone is 2. The summed E-state index contributed by atoms with van der Waals surface area (Å²) in [7, 11) is 3.87. The van der Waals surface area contributed by atoms with Crippen molar-refractivity contribution in [2.75, 3.05) is 41.0 Å². The first-order valence-corrected chi connectivity index (χ1v) is 11.1. The van der Waals surface area contributed by atoms with Crippen molar-refractivity contribution in [2.45, 2.75) is 32.6 Å². The van der Waals surface area contributed by atoms with Gasteiger partial charge in [-0.25, -0.2) is 4.79 Å². The zero-order valence-electron chi connectivity index (χ0n) is 19.9. The molecule has 0 N–H and O–H groups in total. The van der Waals surface area contributed by atoms with Gasteiger partial charge in [0, 0.05) is 30.7 Å². The van der Waals surface area contributed by atoms with Crippen molar-refractivity contribution >= 4 is 23.4 Å². The summed E-state index contributed by atoms with van der Waals surface area (Å²) in [6.45, 7) is 2.50. The number of hydrogen-bond donors (Lipinski definition) is 0. The summed E-state index contributed by atoms with van der Waals surface area (Å²) in [5.74, 6) is -1.65. The zero-order valence-corrected chi connectivity index (χ0v) is 19.9. The summed E-state index contributed by atoms with van der Waals surface area (Å²) in [4.78, 5) is 52.3. The van der Waals surface area contributed by atoms with Gasteiger partial charge in [-0.05, 0) is 43.9 Å². The predicted octanol–water partition coefficient (Wildman–Crippen LogP) is 2.38. The average molecular weight is 472 g/mol. The highest BCUT2D eigenvalue weighted by molar-refractivity contribution is 6.23. The smallest absolute Gasteiger partial charge is 0.343 e. The number of rotatable bonds is 8. The van der Waals surface area contributed by atoms with Crippen LogP contribution in [0.5, 0.6) is 5.75 Å². The van der Waals surface area contributed by atoms with Gasteiger partial charge in [0.1, 0.15) is 5.75 Å². The van der Waals surface area contributed by atoms with Gasteiger partial charge in [-0.2, -0.15) is 0 Å². The van der Waals surface area contributed by atoms with Crippen LogP contribution in [0.15, 0.2) is 40.9 Å². The second-order valence-corrected chi connectivity index (χ2v) is 8.05. The van der Waals surface area contributed by atoms with E-state index in [1.165, 1.54) is 21.3 Å². The quantitative estimate of drug-likeness (QED) is 0.420. The van der Waals surface area contributed by atoms with Crippen LogP contribution in [-0.4, -0.2) is 69.4 Å². The molecule has 0 unspecified atom stereocenters. The summed E-state index contributed by atoms with van der Waals surface area (Å²) in [6, 6.07) is 4.93. The Morgan fingerprint density at radius 1 is 0.941 bits per heavy atom. The number of esters is 1. The molecule has 0 atom stereocenters. The lowest BCUT2D eigenvalue weighted by atomic mass is 9.88. The number of carbonyl (C=O) groups excluding carboxylic acids is 4. The molecule has 34 heavy (non-hydrogen) atoms. The molecule has 1 aliphatic carbocycles. The number of amides is 1. The number of likely N-dealkylation sites (tertiary alicyclic amines) is 1. The molecule has 0 aromatic heterocycles. The first kappa shape index (κ1) is 25.0. The lowest BCUT2D eigenvalue weighted by molar-refractivity contribution is -0.142. The molecule has 0 spiro atoms. The number of hydrogen-bond acceptors (Lipinski definition) is 8. The molecule has 1 aromatic rings. The maximum Gasteiger partial charge on any atom is 0.343 e. The highest BCUT2D eigenvalue weighted by Gasteiger charge is 2.35. The van der Waals surface area contributed by atoms with E-state index in [4.69, 9.17) is 14.2 Å². The average Bonchev–Trinajstić information content (AvgIpc) is 2.87. The molecule has 3 rings (SSSR count). The number of carbonyl (C=O) groups is 4. The van der Waals surface area contributed by atoms with Gasteiger partial charge in [-0.3, -0.25) is 14.4 Å². The minimum atomic E-state index is -0.569. The van der Waals surface area contributed by atoms with E-state index in [-0.39, 0.29) is 52.9 Å². The lowest BCUT2D eigenvalue weighted by Gasteiger charge is -2.27. The van der Waals surface area contributed by atoms with Gasteiger partial charge in [0.25, 0.3) is 5.91 Å². The molecule has 1 heterocycles. The summed E-state index contributed by atoms with van der Waals surface area (Å²) < 4.78 is 20.4. The standard InChI is InChI=1S/C25H29NO8/c1-15-17(22(29)24(33-4)23(32-3)21(15)28)12-16-8-9-19(34-14-20(27)31-2)18(13-16)25(30)26-10-6-5-7-11-26/h8-9,13H,5-7,10-12,14H2,1-4H3. The first-order chi connectivity index (χ1) is 16.3. The van der Waals surface area contributed by atoms with Crippen LogP contribution in [0.25, 0.3) is 0 Å². The van der Waals surface area contributed by atoms with Crippen LogP contribution in [0.2, 0.25) is 0 Å². The Bertz CT molecular complexity index is 1060. The van der Waals surface area contributed by atoms with Crippen LogP contribution >= 0.6 is 0 Å². The van der Waals surface area contributed by atoms with Gasteiger partial charge in [0.15, 0.2) is 6.61 Å². The summed E-state index contributed by atoms with van der Waals surface area (Å²) in [5.41, 5.74) is 1.45. The van der Waals surface area contributed by atoms with Crippen molar-refractivity contribution in [2.24, 2.45) is 0 Å². The predicted molar refractivity (Wildman–Crippen MR) is 121 cm³/mol. The molecular formula is C25H29NO8. The van der Waals surface area contributed by atoms with E-state index >= 15 is 0 Å². The largest absolute Gasteiger partial charge is 0.489 e. The molecule has 1 fully saturated rings. The number of nitrogens with zero attached hydrogens (tertiary/aromatic N) is 1. The first-order valence-electron chi connectivity index (χ1n) is 11.1. The van der Waals surface area contributed by atoms with Crippen molar-refractivity contribution in [3.8, 4) is 5.75 Å². The van der Waals surface area contributed by atoms with E-state index < -0.39 is 17.5 Å². The van der Waals surface area contributed by atoms with Crippen LogP contribution in [0.3, 0.4) is 0 Å². The molecule has 182 valence electrons. The Morgan fingerprint density at radius 3 is 2.21 bits per heavy atom. The molecule has 2 aliphatic rings. The van der Waals surface area contributed by atoms with Crippen LogP contribution in [0.4, 0.5) is 0 Å². The molecular weight excluding hydrogens is 442 g/mol. The fourth-order valence-corrected chi connectivity index (χ4v) is 4.05. The van der Waals surface area contributed by atoms with Gasteiger partial charge < -0.3 is 23.8 Å². The molecule has 1 amide bonds. The Balaban J connectivity index is 1.95. The second kappa shape index (κ2) is 11.0. The number of piperidine rings is 1. The zero-order chi connectivity index (χ0) is 24.8. The third-order valence-electron chi connectivity index (χ3n) is 5.97. The maximum atomic E-state index is 13.3. The van der Waals surface area contributed by atoms with Crippen LogP contribution in [-0.2, 0) is 35.0 Å². The molecule has 1 aromatic carbocycles. The van der Waals surface area contributed by atoms with E-state index in [0.29, 0.717) is 18.7 Å². The van der Waals surface area contributed by atoms with Crippen molar-refractivity contribution in [1.29, 1.82) is 0 Å². The Morgan fingerprint density at radius 2 is 1.59 bits per heavy atom. The molecule has 1 aliphatic heterocycles. The van der Waals surface area contributed by atoms with Crippen molar-refractivity contribution in [3.63, 3.8) is 0 Å². The van der Waals surface area contributed by atoms with E-state index in [1.807, 2.05) is 0 Å². The molecule has 0 bridgehead atoms. The van der Waals surface area contributed by atoms with Crippen LogP contribution in [0, 0.1) is 0 Å². The van der Waals surface area contributed by atoms with Crippen molar-refractivity contribution in [3.05, 3.63) is 52.0 Å². The van der Waals surface area contributed by atoms with E-state index in [2.05, 4.69) is 4.74 Å². The van der Waals surface area contributed by atoms with Crippen molar-refractivity contribution < 1.29 is 38.1 Å². The maximum absolute atomic E-state index is 13.3. The number of benzene rings is 1. The topological polar surface area (TPSA) is 108 Å². The fraction of sp³-hybridized carbons (Fsp3) is 0.440. The second-order valence-electron chi connectivity index (χ2n) is 8.05. The molecule has 0 radical (unpaired) electrons. The van der Waals surface area contributed by atoms with E-state index in [9.17, 15) is 19.2 Å². The van der Waals surface area contributed by atoms with Crippen LogP contribution in [0.1, 0.15) is 42.1 Å². The molecule has 9 nitrogen and oxygen atoms in total. The van der Waals surface area contributed by atoms with Gasteiger partial charge in [0.2, 0.25) is 23.1 Å². The van der Waals surface area contributed by atoms with E-state index in [1.54, 1.807) is 30.0 Å². The normalized spacial score (nSPS) is 16.5. The van der Waals surface area contributed by atoms with Gasteiger partial charge >= 0.3 is 5.97 Å². The summed E-state index contributed by atoms with van der Waals surface area (Å²) in [5, 5.41) is 0. The third-order valence-corrected chi connectivity index (χ3v) is 5.97. The van der Waals surface area contributed by atoms with Gasteiger partial charge in [-0.1, -0.05) is 6.07 Å². The minimum Gasteiger partial charge on any atom is -0.489 e. The fourth-order valence-electron chi connectivity index (χ4n) is 4.05. The summed E-state index contributed by atoms with van der Waals surface area (Å²) >= 11 is 0. The monoisotopic (exact) mass is 471 g/mol. The molecule has 0 saturated carbocycles. The van der Waals surface area contributed by atoms with Gasteiger partial charge in [0.05, 0.1) is 26.9 Å². The minimum absolute atomic E-state index is 0.109. The highest BCUT2D eigenvalue weighted by Crippen LogP contribution is 2.30. The lowest BCUT2D eigenvalue weighted by Crippen LogP contribution is -2.36. The number of ether oxygens (including phenoxy) is 4. The van der Waals surface area contributed by atoms with Gasteiger partial charge in [-0.15, -0.1) is 0 Å². The Hall–Kier alpha value is -3.62. The Kier molecular flexibility index (Phi) is 8.09.